The number of carbonyl (C=O) groups excluding carboxylic acids is 1. The van der Waals surface area contributed by atoms with Crippen LogP contribution in [0.15, 0.2) is 47.6 Å². The quantitative estimate of drug-likeness (QED) is 0.460. The first-order valence-corrected chi connectivity index (χ1v) is 8.38. The van der Waals surface area contributed by atoms with Crippen molar-refractivity contribution in [3.63, 3.8) is 0 Å². The van der Waals surface area contributed by atoms with E-state index in [1.807, 2.05) is 45.0 Å². The number of ether oxygens (including phenoxy) is 1. The molecule has 2 aromatic carbocycles. The Morgan fingerprint density at radius 2 is 1.96 bits per heavy atom. The monoisotopic (exact) mass is 370 g/mol. The fraction of sp³-hybridized carbons (Fsp3) is 0.211. The van der Waals surface area contributed by atoms with Crippen LogP contribution < -0.4 is 20.6 Å². The zero-order valence-electron chi connectivity index (χ0n) is 14.8. The van der Waals surface area contributed by atoms with E-state index in [9.17, 15) is 9.90 Å². The summed E-state index contributed by atoms with van der Waals surface area (Å²) in [5.74, 6) is -0.845. The van der Waals surface area contributed by atoms with Gasteiger partial charge in [0.05, 0.1) is 11.7 Å². The second-order valence-corrected chi connectivity index (χ2v) is 6.11. The summed E-state index contributed by atoms with van der Waals surface area (Å²) in [6.45, 7) is 5.37. The summed E-state index contributed by atoms with van der Waals surface area (Å²) < 4.78 is 5.11. The van der Waals surface area contributed by atoms with Crippen LogP contribution in [0.3, 0.4) is 0 Å². The molecule has 0 radical (unpaired) electrons. The van der Waals surface area contributed by atoms with E-state index in [0.717, 1.165) is 16.8 Å². The Morgan fingerprint density at radius 1 is 1.23 bits per heavy atom. The zero-order chi connectivity index (χ0) is 19.1. The summed E-state index contributed by atoms with van der Waals surface area (Å²) in [5, 5.41) is 18.2. The Bertz CT molecular complexity index is 850. The number of thiocarbonyl (C=S) groups is 1. The van der Waals surface area contributed by atoms with Crippen molar-refractivity contribution in [2.45, 2.75) is 20.8 Å². The van der Waals surface area contributed by atoms with E-state index in [1.54, 1.807) is 18.2 Å². The molecule has 6 nitrogen and oxygen atoms in total. The maximum atomic E-state index is 10.5. The minimum atomic E-state index is -1.27. The number of carbonyl (C=O) groups is 1. The molecule has 0 spiro atoms. The third-order valence-electron chi connectivity index (χ3n) is 3.79. The van der Waals surface area contributed by atoms with Gasteiger partial charge in [-0.25, -0.2) is 0 Å². The van der Waals surface area contributed by atoms with Gasteiger partial charge in [-0.05, 0) is 62.3 Å². The van der Waals surface area contributed by atoms with Crippen LogP contribution in [0.25, 0.3) is 0 Å². The van der Waals surface area contributed by atoms with Crippen LogP contribution in [0.1, 0.15) is 23.6 Å². The molecule has 26 heavy (non-hydrogen) atoms. The van der Waals surface area contributed by atoms with Crippen molar-refractivity contribution in [2.75, 3.05) is 11.9 Å². The van der Waals surface area contributed by atoms with Gasteiger partial charge in [0.1, 0.15) is 12.4 Å². The highest BCUT2D eigenvalue weighted by molar-refractivity contribution is 7.80. The molecule has 0 aliphatic carbocycles. The summed E-state index contributed by atoms with van der Waals surface area (Å²) in [5.41, 5.74) is 7.48. The average Bonchev–Trinajstić information content (AvgIpc) is 2.62. The number of hydrazone groups is 1. The van der Waals surface area contributed by atoms with Crippen molar-refractivity contribution in [3.8, 4) is 5.75 Å². The first-order valence-electron chi connectivity index (χ1n) is 7.97. The van der Waals surface area contributed by atoms with Gasteiger partial charge in [0.2, 0.25) is 0 Å². The summed E-state index contributed by atoms with van der Waals surface area (Å²) in [6.07, 6.45) is 0. The number of aliphatic carboxylic acids is 1. The van der Waals surface area contributed by atoms with Crippen LogP contribution in [-0.4, -0.2) is 23.4 Å². The highest BCUT2D eigenvalue weighted by Gasteiger charge is 2.04. The minimum Gasteiger partial charge on any atom is -0.546 e. The Hall–Kier alpha value is -2.93. The maximum absolute atomic E-state index is 10.5. The van der Waals surface area contributed by atoms with E-state index in [4.69, 9.17) is 17.0 Å². The SMILES string of the molecule is C/C(=N/NC(=S)Nc1cccc(C)c1C)c1cccc(OCC(=O)[O-])c1. The van der Waals surface area contributed by atoms with Gasteiger partial charge in [-0.2, -0.15) is 5.10 Å². The Balaban J connectivity index is 2.01. The standard InChI is InChI=1S/C19H21N3O3S/c1-12-6-4-9-17(13(12)2)20-19(26)22-21-14(3)15-7-5-8-16(10-15)25-11-18(23)24/h4-10H,11H2,1-3H3,(H,23,24)(H2,20,22,26)/p-1/b21-14-. The lowest BCUT2D eigenvalue weighted by atomic mass is 10.1. The molecular formula is C19H20N3O3S-. The molecule has 0 heterocycles. The van der Waals surface area contributed by atoms with Crippen molar-refractivity contribution >= 4 is 34.7 Å². The predicted octanol–water partition coefficient (Wildman–Crippen LogP) is 2.14. The van der Waals surface area contributed by atoms with Gasteiger partial charge < -0.3 is 20.0 Å². The fourth-order valence-corrected chi connectivity index (χ4v) is 2.34. The lowest BCUT2D eigenvalue weighted by Gasteiger charge is -2.12. The highest BCUT2D eigenvalue weighted by Crippen LogP contribution is 2.18. The number of hydrogen-bond donors (Lipinski definition) is 2. The molecule has 0 saturated carbocycles. The van der Waals surface area contributed by atoms with Gasteiger partial charge in [0, 0.05) is 11.3 Å². The number of nitrogens with one attached hydrogen (secondary N) is 2. The fourth-order valence-electron chi connectivity index (χ4n) is 2.19. The number of nitrogens with zero attached hydrogens (tertiary/aromatic N) is 1. The highest BCUT2D eigenvalue weighted by atomic mass is 32.1. The molecule has 136 valence electrons. The van der Waals surface area contributed by atoms with Gasteiger partial charge in [0.25, 0.3) is 0 Å². The summed E-state index contributed by atoms with van der Waals surface area (Å²) in [6, 6.07) is 12.9. The molecule has 2 aromatic rings. The molecule has 2 rings (SSSR count). The number of benzene rings is 2. The van der Waals surface area contributed by atoms with Crippen LogP contribution in [-0.2, 0) is 4.79 Å². The lowest BCUT2D eigenvalue weighted by molar-refractivity contribution is -0.307. The molecule has 0 amide bonds. The van der Waals surface area contributed by atoms with Gasteiger partial charge in [-0.3, -0.25) is 5.43 Å². The van der Waals surface area contributed by atoms with Crippen LogP contribution in [0.4, 0.5) is 5.69 Å². The van der Waals surface area contributed by atoms with E-state index >= 15 is 0 Å². The van der Waals surface area contributed by atoms with Crippen molar-refractivity contribution in [3.05, 3.63) is 59.2 Å². The van der Waals surface area contributed by atoms with Gasteiger partial charge >= 0.3 is 0 Å². The number of rotatable bonds is 6. The summed E-state index contributed by atoms with van der Waals surface area (Å²) >= 11 is 5.28. The first-order chi connectivity index (χ1) is 12.4. The van der Waals surface area contributed by atoms with E-state index in [0.29, 0.717) is 16.6 Å². The predicted molar refractivity (Wildman–Crippen MR) is 104 cm³/mol. The molecule has 0 atom stereocenters. The van der Waals surface area contributed by atoms with Crippen LogP contribution in [0.2, 0.25) is 0 Å². The van der Waals surface area contributed by atoms with Crippen LogP contribution in [0.5, 0.6) is 5.75 Å². The second-order valence-electron chi connectivity index (χ2n) is 5.70. The van der Waals surface area contributed by atoms with Crippen LogP contribution >= 0.6 is 12.2 Å². The summed E-state index contributed by atoms with van der Waals surface area (Å²) in [4.78, 5) is 10.5. The van der Waals surface area contributed by atoms with Crippen molar-refractivity contribution < 1.29 is 14.6 Å². The van der Waals surface area contributed by atoms with Gasteiger partial charge in [0.15, 0.2) is 5.11 Å². The van der Waals surface area contributed by atoms with E-state index in [1.165, 1.54) is 5.56 Å². The molecule has 0 fully saturated rings. The molecule has 0 unspecified atom stereocenters. The van der Waals surface area contributed by atoms with E-state index < -0.39 is 12.6 Å². The third kappa shape index (κ3) is 5.56. The number of anilines is 1. The lowest BCUT2D eigenvalue weighted by Crippen LogP contribution is -2.29. The largest absolute Gasteiger partial charge is 0.546 e. The molecule has 0 aromatic heterocycles. The molecule has 0 saturated heterocycles. The molecule has 2 N–H and O–H groups in total. The maximum Gasteiger partial charge on any atom is 0.191 e. The van der Waals surface area contributed by atoms with Gasteiger partial charge in [-0.15, -0.1) is 0 Å². The normalized spacial score (nSPS) is 11.0. The van der Waals surface area contributed by atoms with E-state index in [-0.39, 0.29) is 0 Å². The Kier molecular flexibility index (Phi) is 6.68. The smallest absolute Gasteiger partial charge is 0.191 e. The van der Waals surface area contributed by atoms with Crippen molar-refractivity contribution in [2.24, 2.45) is 5.10 Å². The molecule has 0 aliphatic heterocycles. The summed E-state index contributed by atoms with van der Waals surface area (Å²) in [7, 11) is 0. The topological polar surface area (TPSA) is 85.8 Å². The Labute approximate surface area is 157 Å². The molecule has 7 heteroatoms. The number of carboxylic acid groups (broad SMARTS) is 1. The number of aryl methyl sites for hydroxylation is 1. The second kappa shape index (κ2) is 8.96. The van der Waals surface area contributed by atoms with Crippen LogP contribution in [0, 0.1) is 13.8 Å². The molecule has 0 aliphatic rings. The van der Waals surface area contributed by atoms with Crippen molar-refractivity contribution in [1.82, 2.24) is 5.43 Å². The molecule has 0 bridgehead atoms. The van der Waals surface area contributed by atoms with E-state index in [2.05, 4.69) is 15.8 Å². The van der Waals surface area contributed by atoms with Crippen molar-refractivity contribution in [1.29, 1.82) is 0 Å². The van der Waals surface area contributed by atoms with Gasteiger partial charge in [-0.1, -0.05) is 24.3 Å². The zero-order valence-corrected chi connectivity index (χ0v) is 15.6. The third-order valence-corrected chi connectivity index (χ3v) is 3.98. The minimum absolute atomic E-state index is 0.377. The molecular weight excluding hydrogens is 350 g/mol. The Morgan fingerprint density at radius 3 is 2.69 bits per heavy atom. The number of hydrogen-bond acceptors (Lipinski definition) is 5. The average molecular weight is 370 g/mol. The number of carboxylic acids is 1. The first kappa shape index (κ1) is 19.4.